The van der Waals surface area contributed by atoms with Crippen molar-refractivity contribution in [2.45, 2.75) is 44.6 Å². The average molecular weight is 260 g/mol. The summed E-state index contributed by atoms with van der Waals surface area (Å²) in [5.74, 6) is 0.385. The number of aromatic nitrogens is 1. The number of nitrogens with zero attached hydrogens (tertiary/aromatic N) is 1. The SMILES string of the molecule is O=C(O)c1cc(CNCC2CCC2)cc(C2CC2)n1. The van der Waals surface area contributed by atoms with Crippen LogP contribution in [0, 0.1) is 5.92 Å². The van der Waals surface area contributed by atoms with Gasteiger partial charge in [0.25, 0.3) is 0 Å². The zero-order valence-electron chi connectivity index (χ0n) is 11.1. The van der Waals surface area contributed by atoms with Crippen LogP contribution in [0.4, 0.5) is 0 Å². The van der Waals surface area contributed by atoms with Gasteiger partial charge in [-0.3, -0.25) is 0 Å². The summed E-state index contributed by atoms with van der Waals surface area (Å²) in [6, 6.07) is 3.76. The van der Waals surface area contributed by atoms with Gasteiger partial charge in [-0.15, -0.1) is 0 Å². The summed E-state index contributed by atoms with van der Waals surface area (Å²) in [5.41, 5.74) is 2.19. The van der Waals surface area contributed by atoms with E-state index in [4.69, 9.17) is 5.11 Å². The summed E-state index contributed by atoms with van der Waals surface area (Å²) in [6.07, 6.45) is 6.31. The molecule has 0 atom stereocenters. The van der Waals surface area contributed by atoms with Crippen LogP contribution in [0.3, 0.4) is 0 Å². The number of hydrogen-bond donors (Lipinski definition) is 2. The fraction of sp³-hybridized carbons (Fsp3) is 0.600. The van der Waals surface area contributed by atoms with Gasteiger partial charge in [0.05, 0.1) is 0 Å². The molecule has 2 saturated carbocycles. The first-order valence-electron chi connectivity index (χ1n) is 7.17. The third kappa shape index (κ3) is 3.13. The molecule has 1 aromatic rings. The third-order valence-corrected chi connectivity index (χ3v) is 4.11. The van der Waals surface area contributed by atoms with Crippen LogP contribution >= 0.6 is 0 Å². The normalized spacial score (nSPS) is 19.2. The minimum absolute atomic E-state index is 0.185. The molecule has 19 heavy (non-hydrogen) atoms. The Morgan fingerprint density at radius 2 is 2.11 bits per heavy atom. The first-order valence-corrected chi connectivity index (χ1v) is 7.17. The van der Waals surface area contributed by atoms with Crippen LogP contribution in [-0.2, 0) is 6.54 Å². The Bertz CT molecular complexity index is 479. The van der Waals surface area contributed by atoms with E-state index >= 15 is 0 Å². The Kier molecular flexibility index (Phi) is 3.51. The lowest BCUT2D eigenvalue weighted by Crippen LogP contribution is -2.27. The highest BCUT2D eigenvalue weighted by Gasteiger charge is 2.26. The van der Waals surface area contributed by atoms with Gasteiger partial charge in [-0.25, -0.2) is 9.78 Å². The molecule has 0 saturated heterocycles. The second-order valence-electron chi connectivity index (χ2n) is 5.79. The molecule has 2 fully saturated rings. The molecule has 3 rings (SSSR count). The Morgan fingerprint density at radius 3 is 2.68 bits per heavy atom. The maximum atomic E-state index is 11.1. The van der Waals surface area contributed by atoms with Crippen LogP contribution in [0.5, 0.6) is 0 Å². The highest BCUT2D eigenvalue weighted by Crippen LogP contribution is 2.39. The standard InChI is InChI=1S/C15H20N2O2/c18-15(19)14-7-11(6-13(17-14)12-4-5-12)9-16-8-10-2-1-3-10/h6-7,10,12,16H,1-5,8-9H2,(H,18,19). The number of nitrogens with one attached hydrogen (secondary N) is 1. The molecule has 1 aromatic heterocycles. The van der Waals surface area contributed by atoms with Crippen LogP contribution in [0.1, 0.15) is 59.8 Å². The van der Waals surface area contributed by atoms with Gasteiger partial charge < -0.3 is 10.4 Å². The predicted octanol–water partition coefficient (Wildman–Crippen LogP) is 2.55. The molecule has 0 aliphatic heterocycles. The van der Waals surface area contributed by atoms with E-state index in [9.17, 15) is 4.79 Å². The summed E-state index contributed by atoms with van der Waals surface area (Å²) < 4.78 is 0. The third-order valence-electron chi connectivity index (χ3n) is 4.11. The van der Waals surface area contributed by atoms with Gasteiger partial charge in [0.15, 0.2) is 0 Å². The van der Waals surface area contributed by atoms with Crippen molar-refractivity contribution >= 4 is 5.97 Å². The summed E-state index contributed by atoms with van der Waals surface area (Å²) >= 11 is 0. The van der Waals surface area contributed by atoms with E-state index in [2.05, 4.69) is 16.4 Å². The van der Waals surface area contributed by atoms with Crippen molar-refractivity contribution in [1.82, 2.24) is 10.3 Å². The van der Waals surface area contributed by atoms with E-state index in [-0.39, 0.29) is 5.69 Å². The molecule has 2 aliphatic rings. The summed E-state index contributed by atoms with van der Waals surface area (Å²) in [5, 5.41) is 12.5. The molecule has 2 N–H and O–H groups in total. The number of rotatable bonds is 6. The minimum Gasteiger partial charge on any atom is -0.477 e. The topological polar surface area (TPSA) is 62.2 Å². The van der Waals surface area contributed by atoms with Gasteiger partial charge in [0.1, 0.15) is 5.69 Å². The smallest absolute Gasteiger partial charge is 0.354 e. The molecular formula is C15H20N2O2. The molecular weight excluding hydrogens is 240 g/mol. The molecule has 102 valence electrons. The van der Waals surface area contributed by atoms with E-state index in [1.165, 1.54) is 19.3 Å². The number of hydrogen-bond acceptors (Lipinski definition) is 3. The number of aromatic carboxylic acids is 1. The highest BCUT2D eigenvalue weighted by atomic mass is 16.4. The first-order chi connectivity index (χ1) is 9.22. The van der Waals surface area contributed by atoms with Crippen LogP contribution in [0.25, 0.3) is 0 Å². The molecule has 1 heterocycles. The Morgan fingerprint density at radius 1 is 1.32 bits per heavy atom. The lowest BCUT2D eigenvalue weighted by Gasteiger charge is -2.25. The molecule has 4 nitrogen and oxygen atoms in total. The Hall–Kier alpha value is -1.42. The Balaban J connectivity index is 1.66. The minimum atomic E-state index is -0.928. The lowest BCUT2D eigenvalue weighted by atomic mass is 9.85. The van der Waals surface area contributed by atoms with E-state index in [0.29, 0.717) is 5.92 Å². The van der Waals surface area contributed by atoms with Gasteiger partial charge in [-0.1, -0.05) is 6.42 Å². The molecule has 0 unspecified atom stereocenters. The fourth-order valence-electron chi connectivity index (χ4n) is 2.53. The second-order valence-corrected chi connectivity index (χ2v) is 5.79. The van der Waals surface area contributed by atoms with Crippen LogP contribution < -0.4 is 5.32 Å². The van der Waals surface area contributed by atoms with Crippen molar-refractivity contribution in [3.63, 3.8) is 0 Å². The van der Waals surface area contributed by atoms with E-state index < -0.39 is 5.97 Å². The molecule has 0 bridgehead atoms. The molecule has 0 radical (unpaired) electrons. The van der Waals surface area contributed by atoms with Crippen LogP contribution in [0.15, 0.2) is 12.1 Å². The quantitative estimate of drug-likeness (QED) is 0.825. The zero-order valence-corrected chi connectivity index (χ0v) is 11.1. The van der Waals surface area contributed by atoms with Crippen molar-refractivity contribution in [1.29, 1.82) is 0 Å². The predicted molar refractivity (Wildman–Crippen MR) is 72.2 cm³/mol. The molecule has 4 heteroatoms. The van der Waals surface area contributed by atoms with Crippen molar-refractivity contribution < 1.29 is 9.90 Å². The lowest BCUT2D eigenvalue weighted by molar-refractivity contribution is 0.0690. The van der Waals surface area contributed by atoms with Crippen molar-refractivity contribution in [3.05, 3.63) is 29.1 Å². The van der Waals surface area contributed by atoms with Crippen LogP contribution in [-0.4, -0.2) is 22.6 Å². The zero-order chi connectivity index (χ0) is 13.2. The largest absolute Gasteiger partial charge is 0.477 e. The fourth-order valence-corrected chi connectivity index (χ4v) is 2.53. The maximum absolute atomic E-state index is 11.1. The molecule has 0 aromatic carbocycles. The first kappa shape index (κ1) is 12.6. The summed E-state index contributed by atoms with van der Waals surface area (Å²) in [6.45, 7) is 1.79. The molecule has 0 amide bonds. The number of carbonyl (C=O) groups is 1. The van der Waals surface area contributed by atoms with E-state index in [0.717, 1.165) is 43.1 Å². The summed E-state index contributed by atoms with van der Waals surface area (Å²) in [7, 11) is 0. The van der Waals surface area contributed by atoms with Crippen molar-refractivity contribution in [2.24, 2.45) is 5.92 Å². The number of carboxylic acids is 1. The second kappa shape index (κ2) is 5.29. The number of pyridine rings is 1. The van der Waals surface area contributed by atoms with Gasteiger partial charge >= 0.3 is 5.97 Å². The van der Waals surface area contributed by atoms with E-state index in [1.54, 1.807) is 6.07 Å². The van der Waals surface area contributed by atoms with Gasteiger partial charge in [0.2, 0.25) is 0 Å². The van der Waals surface area contributed by atoms with Gasteiger partial charge in [0, 0.05) is 18.2 Å². The average Bonchev–Trinajstić information content (AvgIpc) is 3.16. The van der Waals surface area contributed by atoms with Crippen LogP contribution in [0.2, 0.25) is 0 Å². The van der Waals surface area contributed by atoms with Gasteiger partial charge in [-0.05, 0) is 55.8 Å². The van der Waals surface area contributed by atoms with Crippen molar-refractivity contribution in [3.8, 4) is 0 Å². The van der Waals surface area contributed by atoms with Crippen molar-refractivity contribution in [2.75, 3.05) is 6.54 Å². The van der Waals surface area contributed by atoms with E-state index in [1.807, 2.05) is 0 Å². The summed E-state index contributed by atoms with van der Waals surface area (Å²) in [4.78, 5) is 15.3. The monoisotopic (exact) mass is 260 g/mol. The highest BCUT2D eigenvalue weighted by molar-refractivity contribution is 5.85. The van der Waals surface area contributed by atoms with Gasteiger partial charge in [-0.2, -0.15) is 0 Å². The molecule has 2 aliphatic carbocycles. The number of carboxylic acid groups (broad SMARTS) is 1. The maximum Gasteiger partial charge on any atom is 0.354 e. The molecule has 0 spiro atoms. The Labute approximate surface area is 113 Å².